The minimum Gasteiger partial charge on any atom is -0.454 e. The van der Waals surface area contributed by atoms with Gasteiger partial charge in [0.25, 0.3) is 0 Å². The van der Waals surface area contributed by atoms with Crippen molar-refractivity contribution in [2.75, 3.05) is 21.2 Å². The van der Waals surface area contributed by atoms with E-state index in [9.17, 15) is 10.5 Å². The van der Waals surface area contributed by atoms with E-state index in [4.69, 9.17) is 8.83 Å². The maximum absolute atomic E-state index is 10.2. The molecule has 0 radical (unpaired) electrons. The molecule has 1 aliphatic carbocycles. The van der Waals surface area contributed by atoms with E-state index in [0.29, 0.717) is 17.7 Å². The third kappa shape index (κ3) is 7.03. The van der Waals surface area contributed by atoms with Crippen molar-refractivity contribution in [2.45, 2.75) is 12.3 Å². The van der Waals surface area contributed by atoms with Crippen LogP contribution in [-0.4, -0.2) is 6.54 Å². The quantitative estimate of drug-likeness (QED) is 0.105. The number of rotatable bonds is 9. The minimum absolute atomic E-state index is 0.423. The van der Waals surface area contributed by atoms with Crippen molar-refractivity contribution in [3.8, 4) is 23.3 Å². The Labute approximate surface area is 484 Å². The normalized spacial score (nSPS) is 13.2. The Bertz CT molecular complexity index is 5140. The summed E-state index contributed by atoms with van der Waals surface area (Å²) in [5.41, 5.74) is 18.1. The fraction of sp³-hybridized carbons (Fsp3) is 0.0390. The smallest absolute Gasteiger partial charge is 0.159 e. The second kappa shape index (κ2) is 19.1. The molecular formula is C77H49N5O2. The molecule has 7 nitrogen and oxygen atoms in total. The number of benzene rings is 12. The van der Waals surface area contributed by atoms with Gasteiger partial charge in [-0.15, -0.1) is 0 Å². The van der Waals surface area contributed by atoms with Gasteiger partial charge in [0, 0.05) is 61.5 Å². The molecule has 0 amide bonds. The van der Waals surface area contributed by atoms with E-state index < -0.39 is 5.41 Å². The first kappa shape index (κ1) is 48.5. The first-order valence-corrected chi connectivity index (χ1v) is 28.4. The Kier molecular flexibility index (Phi) is 11.1. The van der Waals surface area contributed by atoms with Crippen LogP contribution in [0.2, 0.25) is 0 Å². The lowest BCUT2D eigenvalue weighted by molar-refractivity contribution is 0.668. The first-order valence-electron chi connectivity index (χ1n) is 28.4. The van der Waals surface area contributed by atoms with Crippen molar-refractivity contribution >= 4 is 111 Å². The number of fused-ring (bicyclic) bond motifs is 19. The van der Waals surface area contributed by atoms with Crippen LogP contribution >= 0.6 is 0 Å². The molecule has 7 heteroatoms. The summed E-state index contributed by atoms with van der Waals surface area (Å²) in [6.45, 7) is 2.32. The highest BCUT2D eigenvalue weighted by Crippen LogP contribution is 2.67. The molecule has 16 rings (SSSR count). The predicted molar refractivity (Wildman–Crippen MR) is 343 cm³/mol. The summed E-state index contributed by atoms with van der Waals surface area (Å²) in [6.07, 6.45) is 5.86. The lowest BCUT2D eigenvalue weighted by Gasteiger charge is -2.45. The van der Waals surface area contributed by atoms with Gasteiger partial charge < -0.3 is 23.5 Å². The van der Waals surface area contributed by atoms with Crippen LogP contribution in [0.4, 0.5) is 45.5 Å². The summed E-state index contributed by atoms with van der Waals surface area (Å²) in [4.78, 5) is 7.15. The molecule has 0 saturated carbocycles. The van der Waals surface area contributed by atoms with Crippen LogP contribution in [0.5, 0.6) is 0 Å². The van der Waals surface area contributed by atoms with Gasteiger partial charge in [0.2, 0.25) is 0 Å². The third-order valence-corrected chi connectivity index (χ3v) is 17.3. The maximum atomic E-state index is 10.2. The van der Waals surface area contributed by atoms with Gasteiger partial charge in [0.1, 0.15) is 11.2 Å². The van der Waals surface area contributed by atoms with E-state index >= 15 is 0 Å². The monoisotopic (exact) mass is 1080 g/mol. The van der Waals surface area contributed by atoms with Crippen molar-refractivity contribution in [1.29, 1.82) is 10.5 Å². The topological polar surface area (TPSA) is 83.6 Å². The number of furan rings is 2. The number of hydrogen-bond donors (Lipinski definition) is 0. The number of nitrogens with zero attached hydrogens (tertiary/aromatic N) is 5. The van der Waals surface area contributed by atoms with E-state index in [-0.39, 0.29) is 0 Å². The standard InChI is InChI=1S/C77H49N5O2/c1-2-49(47-78)21-20-44-80(67-36-18-30-59-55-26-10-16-38-71(55)83-75(59)67)69-45-63-73(57-28-8-6-24-53(57)69)74-58-29-9-7-25-54(58)70(82(52-42-40-50(48-79)41-43-52)68-37-19-31-60-56-27-11-17-39-72(56)84-76(60)68)46-64(74)77(63)61-32-12-14-34-65(61)81(51-22-4-3-5-23-51)66-35-15-13-33-62(66)77/h2-43,45-46H,44H2,1H3/b21-20-,49-2+. The van der Waals surface area contributed by atoms with Crippen LogP contribution in [-0.2, 0) is 5.41 Å². The fourth-order valence-corrected chi connectivity index (χ4v) is 13.8. The second-order valence-electron chi connectivity index (χ2n) is 21.5. The summed E-state index contributed by atoms with van der Waals surface area (Å²) in [6, 6.07) is 93.3. The molecule has 0 bridgehead atoms. The largest absolute Gasteiger partial charge is 0.454 e. The van der Waals surface area contributed by atoms with E-state index in [1.54, 1.807) is 0 Å². The minimum atomic E-state index is -0.950. The van der Waals surface area contributed by atoms with Gasteiger partial charge in [-0.2, -0.15) is 10.5 Å². The van der Waals surface area contributed by atoms with Crippen LogP contribution in [0.15, 0.2) is 281 Å². The van der Waals surface area contributed by atoms with Crippen molar-refractivity contribution in [3.05, 3.63) is 300 Å². The van der Waals surface area contributed by atoms with Crippen LogP contribution < -0.4 is 14.7 Å². The zero-order valence-electron chi connectivity index (χ0n) is 45.7. The average molecular weight is 1080 g/mol. The van der Waals surface area contributed by atoms with Crippen LogP contribution in [0.25, 0.3) is 76.5 Å². The van der Waals surface area contributed by atoms with Crippen LogP contribution in [0.3, 0.4) is 0 Å². The zero-order chi connectivity index (χ0) is 56.0. The van der Waals surface area contributed by atoms with Gasteiger partial charge >= 0.3 is 0 Å². The molecule has 2 aromatic heterocycles. The van der Waals surface area contributed by atoms with E-state index in [2.05, 4.69) is 245 Å². The highest BCUT2D eigenvalue weighted by Gasteiger charge is 2.53. The van der Waals surface area contributed by atoms with Gasteiger partial charge in [-0.25, -0.2) is 0 Å². The number of anilines is 8. The Balaban J connectivity index is 1.07. The molecule has 14 aromatic rings. The number of hydrogen-bond acceptors (Lipinski definition) is 7. The molecule has 0 atom stereocenters. The number of para-hydroxylation sites is 7. The molecular weight excluding hydrogens is 1030 g/mol. The molecule has 3 heterocycles. The van der Waals surface area contributed by atoms with Gasteiger partial charge in [0.15, 0.2) is 11.2 Å². The molecule has 0 unspecified atom stereocenters. The van der Waals surface area contributed by atoms with E-state index in [1.165, 1.54) is 0 Å². The summed E-state index contributed by atoms with van der Waals surface area (Å²) >= 11 is 0. The first-order chi connectivity index (χ1) is 41.6. The Morgan fingerprint density at radius 1 is 0.464 bits per heavy atom. The van der Waals surface area contributed by atoms with Crippen LogP contribution in [0, 0.1) is 22.7 Å². The summed E-state index contributed by atoms with van der Waals surface area (Å²) < 4.78 is 13.9. The highest BCUT2D eigenvalue weighted by atomic mass is 16.3. The van der Waals surface area contributed by atoms with Gasteiger partial charge in [-0.1, -0.05) is 176 Å². The van der Waals surface area contributed by atoms with Crippen LogP contribution in [0.1, 0.15) is 34.7 Å². The van der Waals surface area contributed by atoms with Crippen molar-refractivity contribution in [2.24, 2.45) is 0 Å². The molecule has 1 aliphatic heterocycles. The fourth-order valence-electron chi connectivity index (χ4n) is 13.8. The summed E-state index contributed by atoms with van der Waals surface area (Å²) in [5, 5.41) is 28.9. The summed E-state index contributed by atoms with van der Waals surface area (Å²) in [5.74, 6) is 0. The Hall–Kier alpha value is -11.4. The van der Waals surface area contributed by atoms with Gasteiger partial charge in [-0.3, -0.25) is 0 Å². The SMILES string of the molecule is C/C=C(C#N)\C=C/CN(c1cc2c(c3ccccc13)-c1c(cc(N(c3ccc(C#N)cc3)c3cccc4c3oc3ccccc34)c3ccccc13)C21c2ccccc2N(c2ccccc2)c2ccccc21)c1cccc2c1oc1ccccc12. The van der Waals surface area contributed by atoms with E-state index in [0.717, 1.165) is 144 Å². The maximum Gasteiger partial charge on any atom is 0.159 e. The lowest BCUT2D eigenvalue weighted by atomic mass is 9.64. The Morgan fingerprint density at radius 2 is 0.952 bits per heavy atom. The van der Waals surface area contributed by atoms with E-state index in [1.807, 2.05) is 55.5 Å². The third-order valence-electron chi connectivity index (χ3n) is 17.3. The Morgan fingerprint density at radius 3 is 1.54 bits per heavy atom. The van der Waals surface area contributed by atoms with Gasteiger partial charge in [0.05, 0.1) is 51.6 Å². The second-order valence-corrected chi connectivity index (χ2v) is 21.5. The molecule has 84 heavy (non-hydrogen) atoms. The van der Waals surface area contributed by atoms with Crippen molar-refractivity contribution in [1.82, 2.24) is 0 Å². The number of nitriles is 2. The molecule has 0 N–H and O–H groups in total. The molecule has 1 spiro atoms. The van der Waals surface area contributed by atoms with Gasteiger partial charge in [-0.05, 0) is 142 Å². The molecule has 0 saturated heterocycles. The lowest BCUT2D eigenvalue weighted by Crippen LogP contribution is -2.36. The molecule has 12 aromatic carbocycles. The van der Waals surface area contributed by atoms with Crippen molar-refractivity contribution in [3.63, 3.8) is 0 Å². The predicted octanol–water partition coefficient (Wildman–Crippen LogP) is 20.4. The highest BCUT2D eigenvalue weighted by molar-refractivity contribution is 6.20. The zero-order valence-corrected chi connectivity index (χ0v) is 45.7. The molecule has 394 valence electrons. The molecule has 2 aliphatic rings. The average Bonchev–Trinajstić information content (AvgIpc) is 1.46. The summed E-state index contributed by atoms with van der Waals surface area (Å²) in [7, 11) is 0. The number of allylic oxidation sites excluding steroid dienone is 3. The van der Waals surface area contributed by atoms with Crippen molar-refractivity contribution < 1.29 is 8.83 Å². The molecule has 0 fully saturated rings.